The molecule has 1 saturated carbocycles. The van der Waals surface area contributed by atoms with Crippen LogP contribution in [-0.4, -0.2) is 44.8 Å². The summed E-state index contributed by atoms with van der Waals surface area (Å²) in [6.45, 7) is 3.38. The Morgan fingerprint density at radius 1 is 1.14 bits per heavy atom. The van der Waals surface area contributed by atoms with E-state index >= 15 is 0 Å². The zero-order chi connectivity index (χ0) is 26.0. The van der Waals surface area contributed by atoms with Crippen LogP contribution in [0.25, 0.3) is 11.0 Å². The summed E-state index contributed by atoms with van der Waals surface area (Å²) in [6, 6.07) is 6.88. The number of nitrogens with one attached hydrogen (secondary N) is 1. The van der Waals surface area contributed by atoms with Gasteiger partial charge in [-0.1, -0.05) is 0 Å². The summed E-state index contributed by atoms with van der Waals surface area (Å²) < 4.78 is 73.3. The van der Waals surface area contributed by atoms with E-state index in [-0.39, 0.29) is 60.0 Å². The third-order valence-corrected chi connectivity index (χ3v) is 6.57. The number of carbonyl (C=O) groups excluding carboxylic acids is 1. The maximum Gasteiger partial charge on any atom is 0.433 e. The third kappa shape index (κ3) is 4.28. The van der Waals surface area contributed by atoms with Crippen LogP contribution in [0.1, 0.15) is 53.3 Å². The number of carbonyl (C=O) groups is 1. The zero-order valence-electron chi connectivity index (χ0n) is 19.2. The Hall–Kier alpha value is -3.57. The van der Waals surface area contributed by atoms with Gasteiger partial charge >= 0.3 is 6.18 Å². The van der Waals surface area contributed by atoms with Crippen molar-refractivity contribution >= 4 is 16.9 Å². The molecule has 190 valence electrons. The number of aromatic nitrogens is 3. The second kappa shape index (κ2) is 7.97. The van der Waals surface area contributed by atoms with Crippen LogP contribution in [-0.2, 0) is 6.18 Å². The first kappa shape index (κ1) is 24.1. The first-order chi connectivity index (χ1) is 16.8. The Labute approximate surface area is 201 Å². The van der Waals surface area contributed by atoms with Gasteiger partial charge in [0.1, 0.15) is 17.7 Å². The molecule has 1 N–H and O–H groups in total. The third-order valence-electron chi connectivity index (χ3n) is 6.57. The van der Waals surface area contributed by atoms with E-state index in [2.05, 4.69) is 15.0 Å². The van der Waals surface area contributed by atoms with Gasteiger partial charge in [-0.2, -0.15) is 13.2 Å². The van der Waals surface area contributed by atoms with E-state index in [1.807, 2.05) is 0 Å². The highest BCUT2D eigenvalue weighted by molar-refractivity contribution is 5.95. The number of nitrogens with zero attached hydrogens (tertiary/aromatic N) is 3. The van der Waals surface area contributed by atoms with E-state index in [9.17, 15) is 31.5 Å². The molecule has 3 aromatic rings. The van der Waals surface area contributed by atoms with Crippen LogP contribution in [0.4, 0.5) is 22.0 Å². The number of amides is 1. The van der Waals surface area contributed by atoms with E-state index < -0.39 is 34.9 Å². The Morgan fingerprint density at radius 2 is 1.78 bits per heavy atom. The van der Waals surface area contributed by atoms with Crippen molar-refractivity contribution < 1.29 is 31.5 Å². The number of rotatable bonds is 4. The molecule has 2 fully saturated rings. The summed E-state index contributed by atoms with van der Waals surface area (Å²) in [5.41, 5.74) is -2.66. The number of aromatic amines is 1. The van der Waals surface area contributed by atoms with Gasteiger partial charge in [-0.15, -0.1) is 0 Å². The fraction of sp³-hybridized carbons (Fsp3) is 0.417. The molecule has 2 aromatic heterocycles. The molecule has 12 heteroatoms. The molecule has 1 saturated heterocycles. The van der Waals surface area contributed by atoms with Gasteiger partial charge in [0.2, 0.25) is 5.92 Å². The van der Waals surface area contributed by atoms with Crippen molar-refractivity contribution in [1.82, 2.24) is 19.9 Å². The van der Waals surface area contributed by atoms with Crippen LogP contribution in [0.2, 0.25) is 0 Å². The van der Waals surface area contributed by atoms with Crippen LogP contribution in [0.15, 0.2) is 35.1 Å². The molecule has 1 atom stereocenters. The van der Waals surface area contributed by atoms with E-state index in [0.717, 1.165) is 6.07 Å². The number of pyridine rings is 1. The van der Waals surface area contributed by atoms with Gasteiger partial charge in [0, 0.05) is 42.5 Å². The van der Waals surface area contributed by atoms with Crippen LogP contribution >= 0.6 is 0 Å². The molecule has 5 rings (SSSR count). The van der Waals surface area contributed by atoms with Crippen LogP contribution in [0.5, 0.6) is 5.75 Å². The minimum atomic E-state index is -4.81. The highest BCUT2D eigenvalue weighted by Gasteiger charge is 2.62. The fourth-order valence-electron chi connectivity index (χ4n) is 5.03. The molecule has 1 amide bonds. The SMILES string of the molecule is Cc1nc2nc(C(F)(F)F)c(C(C)Oc3ccc(C(=O)N4CC5(C4)CC(F)(F)C5)cc3)cc2c(=O)[nH]1. The van der Waals surface area contributed by atoms with E-state index in [1.165, 1.54) is 43.0 Å². The number of fused-ring (bicyclic) bond motifs is 1. The maximum absolute atomic E-state index is 13.7. The number of ether oxygens (including phenoxy) is 1. The molecule has 36 heavy (non-hydrogen) atoms. The average Bonchev–Trinajstić information content (AvgIpc) is 2.74. The van der Waals surface area contributed by atoms with Crippen molar-refractivity contribution in [3.05, 3.63) is 63.3 Å². The van der Waals surface area contributed by atoms with Gasteiger partial charge < -0.3 is 14.6 Å². The molecule has 1 aliphatic carbocycles. The van der Waals surface area contributed by atoms with E-state index in [4.69, 9.17) is 4.74 Å². The Bertz CT molecular complexity index is 1400. The number of H-pyrrole nitrogens is 1. The van der Waals surface area contributed by atoms with Gasteiger partial charge in [0.25, 0.3) is 11.5 Å². The highest BCUT2D eigenvalue weighted by atomic mass is 19.4. The lowest BCUT2D eigenvalue weighted by atomic mass is 9.61. The lowest BCUT2D eigenvalue weighted by Gasteiger charge is -2.58. The largest absolute Gasteiger partial charge is 0.486 e. The molecule has 1 unspecified atom stereocenters. The van der Waals surface area contributed by atoms with Gasteiger partial charge in [-0.05, 0) is 44.2 Å². The standard InChI is InChI=1S/C24H21F5N4O3/c1-12(16-7-17-19(30-13(2)31-20(17)34)32-18(16)24(27,28)29)36-15-5-3-14(4-6-15)21(35)33-10-22(11-33)8-23(25,26)9-22/h3-7,12H,8-11H2,1-2H3,(H,30,31,32,34). The van der Waals surface area contributed by atoms with Crippen LogP contribution in [0.3, 0.4) is 0 Å². The zero-order valence-corrected chi connectivity index (χ0v) is 19.2. The monoisotopic (exact) mass is 508 g/mol. The Kier molecular flexibility index (Phi) is 5.34. The molecular weight excluding hydrogens is 487 g/mol. The Morgan fingerprint density at radius 3 is 2.36 bits per heavy atom. The first-order valence-corrected chi connectivity index (χ1v) is 11.2. The fourth-order valence-corrected chi connectivity index (χ4v) is 5.03. The second-order valence-electron chi connectivity index (χ2n) is 9.60. The summed E-state index contributed by atoms with van der Waals surface area (Å²) >= 11 is 0. The number of hydrogen-bond acceptors (Lipinski definition) is 5. The molecule has 1 spiro atoms. The van der Waals surface area contributed by atoms with E-state index in [0.29, 0.717) is 5.56 Å². The molecule has 3 heterocycles. The predicted octanol–water partition coefficient (Wildman–Crippen LogP) is 4.66. The number of alkyl halides is 5. The van der Waals surface area contributed by atoms with Gasteiger partial charge in [-0.3, -0.25) is 9.59 Å². The lowest BCUT2D eigenvalue weighted by Crippen LogP contribution is -2.66. The van der Waals surface area contributed by atoms with Gasteiger partial charge in [-0.25, -0.2) is 18.7 Å². The van der Waals surface area contributed by atoms with Crippen molar-refractivity contribution in [3.8, 4) is 5.75 Å². The normalized spacial score (nSPS) is 19.0. The lowest BCUT2D eigenvalue weighted by molar-refractivity contribution is -0.203. The number of benzene rings is 1. The van der Waals surface area contributed by atoms with Crippen LogP contribution < -0.4 is 10.3 Å². The molecule has 7 nitrogen and oxygen atoms in total. The van der Waals surface area contributed by atoms with Gasteiger partial charge in [0.15, 0.2) is 11.3 Å². The number of hydrogen-bond donors (Lipinski definition) is 1. The smallest absolute Gasteiger partial charge is 0.433 e. The van der Waals surface area contributed by atoms with Gasteiger partial charge in [0.05, 0.1) is 5.39 Å². The van der Waals surface area contributed by atoms with Crippen molar-refractivity contribution in [2.75, 3.05) is 13.1 Å². The van der Waals surface area contributed by atoms with Crippen molar-refractivity contribution in [1.29, 1.82) is 0 Å². The number of likely N-dealkylation sites (tertiary alicyclic amines) is 1. The maximum atomic E-state index is 13.7. The predicted molar refractivity (Wildman–Crippen MR) is 118 cm³/mol. The molecule has 0 radical (unpaired) electrons. The summed E-state index contributed by atoms with van der Waals surface area (Å²) in [6.07, 6.45) is -6.37. The molecule has 0 bridgehead atoms. The minimum absolute atomic E-state index is 0.100. The number of halogens is 5. The molecular formula is C24H21F5N4O3. The van der Waals surface area contributed by atoms with Crippen molar-refractivity contribution in [3.63, 3.8) is 0 Å². The first-order valence-electron chi connectivity index (χ1n) is 11.2. The Balaban J connectivity index is 1.33. The molecule has 2 aliphatic rings. The minimum Gasteiger partial charge on any atom is -0.486 e. The average molecular weight is 508 g/mol. The number of aryl methyl sites for hydroxylation is 1. The van der Waals surface area contributed by atoms with Crippen molar-refractivity contribution in [2.24, 2.45) is 5.41 Å². The second-order valence-corrected chi connectivity index (χ2v) is 9.60. The summed E-state index contributed by atoms with van der Waals surface area (Å²) in [5.74, 6) is -2.63. The topological polar surface area (TPSA) is 88.2 Å². The molecule has 1 aliphatic heterocycles. The van der Waals surface area contributed by atoms with Crippen LogP contribution in [0, 0.1) is 12.3 Å². The molecule has 1 aromatic carbocycles. The summed E-state index contributed by atoms with van der Waals surface area (Å²) in [7, 11) is 0. The quantitative estimate of drug-likeness (QED) is 0.518. The summed E-state index contributed by atoms with van der Waals surface area (Å²) in [4.78, 5) is 36.3. The summed E-state index contributed by atoms with van der Waals surface area (Å²) in [5, 5.41) is -0.100. The highest BCUT2D eigenvalue weighted by Crippen LogP contribution is 2.56. The van der Waals surface area contributed by atoms with Crippen molar-refractivity contribution in [2.45, 2.75) is 44.9 Å². The van der Waals surface area contributed by atoms with E-state index in [1.54, 1.807) is 0 Å².